The Balaban J connectivity index is 2.34. The first-order valence-corrected chi connectivity index (χ1v) is 5.79. The molecule has 17 heavy (non-hydrogen) atoms. The quantitative estimate of drug-likeness (QED) is 0.815. The van der Waals surface area contributed by atoms with Crippen molar-refractivity contribution in [1.29, 1.82) is 0 Å². The first-order chi connectivity index (χ1) is 8.00. The molecule has 1 aromatic rings. The second kappa shape index (κ2) is 4.37. The Hall–Kier alpha value is -1.55. The minimum atomic E-state index is -0.672. The number of hydrogen-bond donors (Lipinski definition) is 2. The zero-order valence-corrected chi connectivity index (χ0v) is 10.00. The number of hydrogen-bond acceptors (Lipinski definition) is 3. The molecule has 0 aliphatic carbocycles. The molecule has 92 valence electrons. The van der Waals surface area contributed by atoms with Gasteiger partial charge in [-0.05, 0) is 31.5 Å². The average Bonchev–Trinajstić information content (AvgIpc) is 2.55. The smallest absolute Gasteiger partial charge is 0.226 e. The van der Waals surface area contributed by atoms with Gasteiger partial charge in [-0.15, -0.1) is 0 Å². The Morgan fingerprint density at radius 1 is 1.29 bits per heavy atom. The molecule has 0 saturated carbocycles. The molecule has 4 nitrogen and oxygen atoms in total. The molecule has 2 atom stereocenters. The van der Waals surface area contributed by atoms with Gasteiger partial charge in [0.25, 0.3) is 0 Å². The van der Waals surface area contributed by atoms with Gasteiger partial charge in [0.15, 0.2) is 0 Å². The number of nitrogens with zero attached hydrogens (tertiary/aromatic N) is 1. The number of benzene rings is 1. The van der Waals surface area contributed by atoms with Crippen LogP contribution < -0.4 is 0 Å². The molecule has 2 rings (SSSR count). The van der Waals surface area contributed by atoms with Crippen LogP contribution in [-0.4, -0.2) is 33.2 Å². The predicted molar refractivity (Wildman–Crippen MR) is 63.5 cm³/mol. The number of aliphatic hydroxyl groups excluding tert-OH is 1. The van der Waals surface area contributed by atoms with E-state index in [4.69, 9.17) is 0 Å². The van der Waals surface area contributed by atoms with Crippen LogP contribution in [0.15, 0.2) is 24.3 Å². The van der Waals surface area contributed by atoms with Gasteiger partial charge in [0, 0.05) is 6.04 Å². The average molecular weight is 235 g/mol. The van der Waals surface area contributed by atoms with E-state index in [0.29, 0.717) is 0 Å². The van der Waals surface area contributed by atoms with Crippen molar-refractivity contribution in [2.75, 3.05) is 0 Å². The highest BCUT2D eigenvalue weighted by atomic mass is 16.3. The minimum absolute atomic E-state index is 0.0226. The Morgan fingerprint density at radius 2 is 1.88 bits per heavy atom. The Kier molecular flexibility index (Phi) is 3.07. The fourth-order valence-electron chi connectivity index (χ4n) is 2.40. The fourth-order valence-corrected chi connectivity index (χ4v) is 2.40. The van der Waals surface area contributed by atoms with Crippen LogP contribution in [0.5, 0.6) is 5.75 Å². The lowest BCUT2D eigenvalue weighted by Crippen LogP contribution is -2.35. The van der Waals surface area contributed by atoms with Gasteiger partial charge in [-0.3, -0.25) is 4.79 Å². The van der Waals surface area contributed by atoms with E-state index in [1.807, 2.05) is 13.8 Å². The minimum Gasteiger partial charge on any atom is -0.508 e. The maximum Gasteiger partial charge on any atom is 0.226 e. The van der Waals surface area contributed by atoms with E-state index in [2.05, 4.69) is 0 Å². The van der Waals surface area contributed by atoms with Gasteiger partial charge >= 0.3 is 0 Å². The van der Waals surface area contributed by atoms with E-state index in [1.54, 1.807) is 29.2 Å². The van der Waals surface area contributed by atoms with Crippen LogP contribution >= 0.6 is 0 Å². The number of amides is 1. The third-order valence-corrected chi connectivity index (χ3v) is 3.13. The molecule has 1 saturated heterocycles. The van der Waals surface area contributed by atoms with Gasteiger partial charge in [0.2, 0.25) is 5.91 Å². The number of carbonyl (C=O) groups excluding carboxylic acids is 1. The maximum atomic E-state index is 11.8. The third kappa shape index (κ3) is 2.13. The normalized spacial score (nSPS) is 24.7. The van der Waals surface area contributed by atoms with E-state index in [9.17, 15) is 15.0 Å². The Labute approximate surface area is 100 Å². The molecule has 1 aliphatic heterocycles. The molecule has 0 radical (unpaired) electrons. The van der Waals surface area contributed by atoms with Crippen LogP contribution in [0, 0.1) is 0 Å². The molecule has 0 spiro atoms. The van der Waals surface area contributed by atoms with Crippen LogP contribution in [-0.2, 0) is 4.79 Å². The number of aromatic hydroxyl groups is 1. The first kappa shape index (κ1) is 11.9. The second-order valence-corrected chi connectivity index (χ2v) is 4.70. The number of carbonyl (C=O) groups is 1. The summed E-state index contributed by atoms with van der Waals surface area (Å²) in [4.78, 5) is 13.5. The highest BCUT2D eigenvalue weighted by Gasteiger charge is 2.40. The van der Waals surface area contributed by atoms with Gasteiger partial charge in [-0.1, -0.05) is 12.1 Å². The second-order valence-electron chi connectivity index (χ2n) is 4.70. The van der Waals surface area contributed by atoms with Gasteiger partial charge < -0.3 is 15.1 Å². The largest absolute Gasteiger partial charge is 0.508 e. The zero-order chi connectivity index (χ0) is 12.6. The van der Waals surface area contributed by atoms with Gasteiger partial charge in [-0.25, -0.2) is 0 Å². The predicted octanol–water partition coefficient (Wildman–Crippen LogP) is 1.43. The lowest BCUT2D eigenvalue weighted by molar-refractivity contribution is -0.130. The van der Waals surface area contributed by atoms with Crippen molar-refractivity contribution in [3.8, 4) is 5.75 Å². The van der Waals surface area contributed by atoms with Crippen LogP contribution in [0.4, 0.5) is 0 Å². The number of rotatable bonds is 2. The summed E-state index contributed by atoms with van der Waals surface area (Å²) in [5, 5.41) is 19.2. The highest BCUT2D eigenvalue weighted by Crippen LogP contribution is 2.35. The molecule has 0 bridgehead atoms. The zero-order valence-electron chi connectivity index (χ0n) is 10.00. The van der Waals surface area contributed by atoms with Gasteiger partial charge in [-0.2, -0.15) is 0 Å². The summed E-state index contributed by atoms with van der Waals surface area (Å²) >= 11 is 0. The topological polar surface area (TPSA) is 60.8 Å². The fraction of sp³-hybridized carbons (Fsp3) is 0.462. The summed E-state index contributed by atoms with van der Waals surface area (Å²) in [5.74, 6) is 0.161. The summed E-state index contributed by atoms with van der Waals surface area (Å²) in [6.07, 6.45) is -0.501. The highest BCUT2D eigenvalue weighted by molar-refractivity contribution is 5.80. The number of phenolic OH excluding ortho intramolecular Hbond substituents is 1. The first-order valence-electron chi connectivity index (χ1n) is 5.79. The van der Waals surface area contributed by atoms with E-state index in [0.717, 1.165) is 5.56 Å². The molecule has 1 heterocycles. The van der Waals surface area contributed by atoms with E-state index >= 15 is 0 Å². The lowest BCUT2D eigenvalue weighted by Gasteiger charge is -2.30. The summed E-state index contributed by atoms with van der Waals surface area (Å²) in [6.45, 7) is 3.87. The van der Waals surface area contributed by atoms with Crippen LogP contribution in [0.3, 0.4) is 0 Å². The molecule has 0 aromatic heterocycles. The molecule has 1 amide bonds. The standard InChI is InChI=1S/C13H17NO3/c1-8(2)14-12(17)7-11(16)13(14)9-3-5-10(15)6-4-9/h3-6,8,11,13,15-16H,7H2,1-2H3. The van der Waals surface area contributed by atoms with Gasteiger partial charge in [0.1, 0.15) is 5.75 Å². The van der Waals surface area contributed by atoms with Crippen molar-refractivity contribution < 1.29 is 15.0 Å². The molecule has 1 aromatic carbocycles. The Bertz CT molecular complexity index is 413. The van der Waals surface area contributed by atoms with Crippen LogP contribution in [0.1, 0.15) is 31.9 Å². The van der Waals surface area contributed by atoms with Gasteiger partial charge in [0.05, 0.1) is 18.6 Å². The van der Waals surface area contributed by atoms with Crippen LogP contribution in [0.2, 0.25) is 0 Å². The molecule has 1 aliphatic rings. The summed E-state index contributed by atoms with van der Waals surface area (Å²) in [5.41, 5.74) is 0.856. The molecule has 1 fully saturated rings. The molecule has 2 unspecified atom stereocenters. The number of likely N-dealkylation sites (tertiary alicyclic amines) is 1. The van der Waals surface area contributed by atoms with Crippen LogP contribution in [0.25, 0.3) is 0 Å². The summed E-state index contributed by atoms with van der Waals surface area (Å²) in [7, 11) is 0. The van der Waals surface area contributed by atoms with E-state index < -0.39 is 6.10 Å². The Morgan fingerprint density at radius 3 is 2.41 bits per heavy atom. The van der Waals surface area contributed by atoms with E-state index in [1.165, 1.54) is 0 Å². The lowest BCUT2D eigenvalue weighted by atomic mass is 10.0. The van der Waals surface area contributed by atoms with Crippen molar-refractivity contribution in [2.45, 2.75) is 38.5 Å². The maximum absolute atomic E-state index is 11.8. The third-order valence-electron chi connectivity index (χ3n) is 3.13. The molecular weight excluding hydrogens is 218 g/mol. The summed E-state index contributed by atoms with van der Waals surface area (Å²) < 4.78 is 0. The number of aliphatic hydroxyl groups is 1. The molecular formula is C13H17NO3. The number of phenols is 1. The van der Waals surface area contributed by atoms with E-state index in [-0.39, 0.29) is 30.2 Å². The van der Waals surface area contributed by atoms with Crippen molar-refractivity contribution in [3.05, 3.63) is 29.8 Å². The monoisotopic (exact) mass is 235 g/mol. The summed E-state index contributed by atoms with van der Waals surface area (Å²) in [6, 6.07) is 6.39. The SMILES string of the molecule is CC(C)N1C(=O)CC(O)C1c1ccc(O)cc1. The van der Waals surface area contributed by atoms with Crippen molar-refractivity contribution in [3.63, 3.8) is 0 Å². The molecule has 4 heteroatoms. The molecule has 2 N–H and O–H groups in total. The van der Waals surface area contributed by atoms with Crippen molar-refractivity contribution in [2.24, 2.45) is 0 Å². The van der Waals surface area contributed by atoms with Crippen molar-refractivity contribution in [1.82, 2.24) is 4.90 Å². The van der Waals surface area contributed by atoms with Crippen molar-refractivity contribution >= 4 is 5.91 Å².